The van der Waals surface area contributed by atoms with Crippen LogP contribution in [0.1, 0.15) is 16.1 Å². The Bertz CT molecular complexity index is 1230. The molecule has 1 aliphatic heterocycles. The molecule has 0 radical (unpaired) electrons. The standard InChI is InChI=1S/C19H18N6O4S/c1-29-16-3-2-11(12-8-23-19(20)24-9-12)6-17(16)30(27,28)25-13-7-14-15(22-10-13)4-5-21-18(14)26/h2-3,6-10,25H,4-5H2,1H3,(H,21,26)(H2,20,23,24). The van der Waals surface area contributed by atoms with E-state index < -0.39 is 10.0 Å². The van der Waals surface area contributed by atoms with Gasteiger partial charge in [-0.1, -0.05) is 6.07 Å². The molecule has 4 N–H and O–H groups in total. The summed E-state index contributed by atoms with van der Waals surface area (Å²) in [6.07, 6.45) is 4.98. The number of nitrogens with two attached hydrogens (primary N) is 1. The average Bonchev–Trinajstić information content (AvgIpc) is 2.74. The van der Waals surface area contributed by atoms with Gasteiger partial charge in [0, 0.05) is 30.9 Å². The summed E-state index contributed by atoms with van der Waals surface area (Å²) in [5, 5.41) is 2.71. The van der Waals surface area contributed by atoms with Crippen molar-refractivity contribution >= 4 is 27.6 Å². The van der Waals surface area contributed by atoms with Crippen molar-refractivity contribution in [2.75, 3.05) is 24.1 Å². The second-order valence-electron chi connectivity index (χ2n) is 6.53. The molecule has 0 bridgehead atoms. The molecular weight excluding hydrogens is 408 g/mol. The average molecular weight is 426 g/mol. The number of ether oxygens (including phenoxy) is 1. The number of hydrogen-bond donors (Lipinski definition) is 3. The summed E-state index contributed by atoms with van der Waals surface area (Å²) in [6.45, 7) is 0.503. The normalized spacial score (nSPS) is 13.3. The van der Waals surface area contributed by atoms with E-state index in [2.05, 4.69) is 25.0 Å². The van der Waals surface area contributed by atoms with Crippen molar-refractivity contribution < 1.29 is 17.9 Å². The van der Waals surface area contributed by atoms with E-state index in [0.717, 1.165) is 0 Å². The summed E-state index contributed by atoms with van der Waals surface area (Å²) < 4.78 is 33.9. The van der Waals surface area contributed by atoms with Gasteiger partial charge in [0.05, 0.1) is 30.3 Å². The number of rotatable bonds is 5. The smallest absolute Gasteiger partial charge is 0.265 e. The van der Waals surface area contributed by atoms with E-state index in [1.165, 1.54) is 37.8 Å². The maximum atomic E-state index is 13.1. The van der Waals surface area contributed by atoms with Crippen LogP contribution in [-0.4, -0.2) is 42.9 Å². The van der Waals surface area contributed by atoms with Crippen molar-refractivity contribution in [2.45, 2.75) is 11.3 Å². The predicted molar refractivity (Wildman–Crippen MR) is 110 cm³/mol. The number of carbonyl (C=O) groups is 1. The molecule has 0 aliphatic carbocycles. The Morgan fingerprint density at radius 3 is 2.60 bits per heavy atom. The number of anilines is 2. The lowest BCUT2D eigenvalue weighted by Gasteiger charge is -2.17. The highest BCUT2D eigenvalue weighted by Crippen LogP contribution is 2.31. The molecule has 11 heteroatoms. The topological polar surface area (TPSA) is 149 Å². The molecule has 1 aromatic carbocycles. The Balaban J connectivity index is 1.71. The van der Waals surface area contributed by atoms with Gasteiger partial charge >= 0.3 is 0 Å². The summed E-state index contributed by atoms with van der Waals surface area (Å²) in [5.74, 6) is -0.00952. The predicted octanol–water partition coefficient (Wildman–Crippen LogP) is 1.22. The third-order valence-electron chi connectivity index (χ3n) is 4.57. The number of nitrogens with zero attached hydrogens (tertiary/aromatic N) is 3. The molecule has 0 saturated carbocycles. The van der Waals surface area contributed by atoms with E-state index in [1.54, 1.807) is 12.1 Å². The number of hydrogen-bond acceptors (Lipinski definition) is 8. The van der Waals surface area contributed by atoms with Gasteiger partial charge in [0.25, 0.3) is 15.9 Å². The van der Waals surface area contributed by atoms with Crippen LogP contribution in [0.5, 0.6) is 5.75 Å². The lowest BCUT2D eigenvalue weighted by atomic mass is 10.1. The number of pyridine rings is 1. The molecule has 154 valence electrons. The van der Waals surface area contributed by atoms with Gasteiger partial charge in [-0.15, -0.1) is 0 Å². The number of benzene rings is 1. The van der Waals surface area contributed by atoms with Crippen molar-refractivity contribution in [1.29, 1.82) is 0 Å². The Morgan fingerprint density at radius 1 is 1.10 bits per heavy atom. The number of aromatic nitrogens is 3. The van der Waals surface area contributed by atoms with E-state index in [4.69, 9.17) is 10.5 Å². The molecular formula is C19H18N6O4S. The first-order valence-corrected chi connectivity index (χ1v) is 10.4. The number of nitrogens with one attached hydrogen (secondary N) is 2. The van der Waals surface area contributed by atoms with Crippen molar-refractivity contribution in [3.63, 3.8) is 0 Å². The van der Waals surface area contributed by atoms with Crippen molar-refractivity contribution in [2.24, 2.45) is 0 Å². The molecule has 2 aromatic heterocycles. The molecule has 3 heterocycles. The Labute approximate surface area is 172 Å². The molecule has 0 atom stereocenters. The van der Waals surface area contributed by atoms with Gasteiger partial charge in [-0.25, -0.2) is 18.4 Å². The Kier molecular flexibility index (Phi) is 4.96. The van der Waals surface area contributed by atoms with Crippen LogP contribution in [0.15, 0.2) is 47.8 Å². The van der Waals surface area contributed by atoms with Crippen LogP contribution in [0.4, 0.5) is 11.6 Å². The lowest BCUT2D eigenvalue weighted by molar-refractivity contribution is 0.0945. The number of nitrogen functional groups attached to an aromatic ring is 1. The van der Waals surface area contributed by atoms with Gasteiger partial charge in [0.15, 0.2) is 0 Å². The van der Waals surface area contributed by atoms with E-state index in [9.17, 15) is 13.2 Å². The molecule has 0 saturated heterocycles. The van der Waals surface area contributed by atoms with Crippen LogP contribution in [0.25, 0.3) is 11.1 Å². The minimum atomic E-state index is -4.05. The number of sulfonamides is 1. The Hall–Kier alpha value is -3.73. The summed E-state index contributed by atoms with van der Waals surface area (Å²) >= 11 is 0. The maximum Gasteiger partial charge on any atom is 0.265 e. The summed E-state index contributed by atoms with van der Waals surface area (Å²) in [5.41, 5.74) is 7.83. The van der Waals surface area contributed by atoms with Gasteiger partial charge in [-0.3, -0.25) is 14.5 Å². The fourth-order valence-electron chi connectivity index (χ4n) is 3.10. The van der Waals surface area contributed by atoms with Gasteiger partial charge in [-0.05, 0) is 23.8 Å². The van der Waals surface area contributed by atoms with Crippen LogP contribution in [0, 0.1) is 0 Å². The molecule has 1 aliphatic rings. The van der Waals surface area contributed by atoms with Gasteiger partial charge in [-0.2, -0.15) is 0 Å². The first-order valence-electron chi connectivity index (χ1n) is 8.93. The van der Waals surface area contributed by atoms with E-state index in [0.29, 0.717) is 35.3 Å². The van der Waals surface area contributed by atoms with Gasteiger partial charge in [0.2, 0.25) is 5.95 Å². The summed E-state index contributed by atoms with van der Waals surface area (Å²) in [7, 11) is -2.67. The first-order chi connectivity index (χ1) is 14.4. The number of amides is 1. The molecule has 3 aromatic rings. The molecule has 0 spiro atoms. The fraction of sp³-hybridized carbons (Fsp3) is 0.158. The van der Waals surface area contributed by atoms with Gasteiger partial charge < -0.3 is 15.8 Å². The molecule has 4 rings (SSSR count). The monoisotopic (exact) mass is 426 g/mol. The third kappa shape index (κ3) is 3.74. The molecule has 30 heavy (non-hydrogen) atoms. The highest BCUT2D eigenvalue weighted by Gasteiger charge is 2.23. The molecule has 0 fully saturated rings. The van der Waals surface area contributed by atoms with Crippen molar-refractivity contribution in [3.05, 3.63) is 54.1 Å². The highest BCUT2D eigenvalue weighted by atomic mass is 32.2. The van der Waals surface area contributed by atoms with E-state index in [-0.39, 0.29) is 28.2 Å². The summed E-state index contributed by atoms with van der Waals surface area (Å²) in [4.78, 5) is 24.0. The van der Waals surface area contributed by atoms with Crippen molar-refractivity contribution in [1.82, 2.24) is 20.3 Å². The maximum absolute atomic E-state index is 13.1. The summed E-state index contributed by atoms with van der Waals surface area (Å²) in [6, 6.07) is 6.16. The molecule has 1 amide bonds. The van der Waals surface area contributed by atoms with Crippen molar-refractivity contribution in [3.8, 4) is 16.9 Å². The highest BCUT2D eigenvalue weighted by molar-refractivity contribution is 7.92. The number of methoxy groups -OCH3 is 1. The van der Waals surface area contributed by atoms with E-state index >= 15 is 0 Å². The number of carbonyl (C=O) groups excluding carboxylic acids is 1. The van der Waals surface area contributed by atoms with Crippen LogP contribution in [0.3, 0.4) is 0 Å². The number of fused-ring (bicyclic) bond motifs is 1. The minimum Gasteiger partial charge on any atom is -0.495 e. The lowest BCUT2D eigenvalue weighted by Crippen LogP contribution is -2.32. The molecule has 10 nitrogen and oxygen atoms in total. The largest absolute Gasteiger partial charge is 0.495 e. The minimum absolute atomic E-state index is 0.0819. The van der Waals surface area contributed by atoms with E-state index in [1.807, 2.05) is 0 Å². The second-order valence-corrected chi connectivity index (χ2v) is 8.18. The third-order valence-corrected chi connectivity index (χ3v) is 5.98. The van der Waals surface area contributed by atoms with Crippen LogP contribution >= 0.6 is 0 Å². The zero-order valence-electron chi connectivity index (χ0n) is 15.9. The van der Waals surface area contributed by atoms with Gasteiger partial charge in [0.1, 0.15) is 10.6 Å². The van der Waals surface area contributed by atoms with Crippen LogP contribution in [-0.2, 0) is 16.4 Å². The SMILES string of the molecule is COc1ccc(-c2cnc(N)nc2)cc1S(=O)(=O)Nc1cnc2c(c1)C(=O)NCC2. The zero-order chi connectivity index (χ0) is 21.3. The van der Waals surface area contributed by atoms with Crippen LogP contribution < -0.4 is 20.5 Å². The quantitative estimate of drug-likeness (QED) is 0.551. The first kappa shape index (κ1) is 19.6. The Morgan fingerprint density at radius 2 is 1.87 bits per heavy atom. The molecule has 0 unspecified atom stereocenters. The second kappa shape index (κ2) is 7.59. The fourth-order valence-corrected chi connectivity index (χ4v) is 4.33. The zero-order valence-corrected chi connectivity index (χ0v) is 16.7. The van der Waals surface area contributed by atoms with Crippen LogP contribution in [0.2, 0.25) is 0 Å².